The molecular weight excluding hydrogens is 200 g/mol. The van der Waals surface area contributed by atoms with E-state index in [-0.39, 0.29) is 5.96 Å². The van der Waals surface area contributed by atoms with Crippen molar-refractivity contribution in [1.29, 1.82) is 0 Å². The zero-order valence-corrected chi connectivity index (χ0v) is 10.5. The standard InChI is InChI=1S/C12H26N4/c1-2-3-4-5-6-7-8-9-10-11-15-16-12(13)14/h11H,2-10H2,1H3,(H4,13,14,16)/b15-11+. The Kier molecular flexibility index (Phi) is 11.2. The normalized spacial score (nSPS) is 10.8. The van der Waals surface area contributed by atoms with Crippen molar-refractivity contribution in [2.75, 3.05) is 0 Å². The summed E-state index contributed by atoms with van der Waals surface area (Å²) in [7, 11) is 0. The van der Waals surface area contributed by atoms with E-state index in [2.05, 4.69) is 17.1 Å². The highest BCUT2D eigenvalue weighted by molar-refractivity contribution is 5.76. The lowest BCUT2D eigenvalue weighted by atomic mass is 10.1. The fourth-order valence-corrected chi connectivity index (χ4v) is 1.53. The lowest BCUT2D eigenvalue weighted by molar-refractivity contribution is 0.580. The molecule has 0 rings (SSSR count). The number of guanidine groups is 1. The van der Waals surface area contributed by atoms with Gasteiger partial charge in [0.2, 0.25) is 5.96 Å². The maximum atomic E-state index is 5.13. The van der Waals surface area contributed by atoms with Gasteiger partial charge in [0.05, 0.1) is 0 Å². The van der Waals surface area contributed by atoms with E-state index in [0.29, 0.717) is 0 Å². The summed E-state index contributed by atoms with van der Waals surface area (Å²) in [6, 6.07) is 0. The maximum Gasteiger partial charge on any atom is 0.211 e. The average molecular weight is 226 g/mol. The third kappa shape index (κ3) is 12.9. The van der Waals surface area contributed by atoms with Crippen LogP contribution in [0.25, 0.3) is 0 Å². The van der Waals surface area contributed by atoms with Crippen LogP contribution in [0.15, 0.2) is 10.2 Å². The predicted molar refractivity (Wildman–Crippen MR) is 71.5 cm³/mol. The Balaban J connectivity index is 3.10. The molecule has 0 saturated heterocycles. The molecule has 0 aliphatic rings. The van der Waals surface area contributed by atoms with Crippen molar-refractivity contribution in [3.63, 3.8) is 0 Å². The molecule has 0 radical (unpaired) electrons. The third-order valence-corrected chi connectivity index (χ3v) is 2.44. The van der Waals surface area contributed by atoms with Crippen molar-refractivity contribution in [2.45, 2.75) is 64.7 Å². The van der Waals surface area contributed by atoms with Crippen LogP contribution in [-0.2, 0) is 0 Å². The Morgan fingerprint density at radius 3 is 2.06 bits per heavy atom. The molecule has 4 nitrogen and oxygen atoms in total. The SMILES string of the molecule is CCCCCCCCCC/C=N/N=C(N)N. The van der Waals surface area contributed by atoms with Gasteiger partial charge >= 0.3 is 0 Å². The molecule has 0 unspecified atom stereocenters. The summed E-state index contributed by atoms with van der Waals surface area (Å²) in [5.41, 5.74) is 10.3. The van der Waals surface area contributed by atoms with Crippen molar-refractivity contribution in [1.82, 2.24) is 0 Å². The van der Waals surface area contributed by atoms with E-state index < -0.39 is 0 Å². The first kappa shape index (κ1) is 14.9. The molecule has 0 aliphatic carbocycles. The average Bonchev–Trinajstić information content (AvgIpc) is 2.25. The number of unbranched alkanes of at least 4 members (excludes halogenated alkanes) is 8. The van der Waals surface area contributed by atoms with Crippen LogP contribution >= 0.6 is 0 Å². The van der Waals surface area contributed by atoms with E-state index in [4.69, 9.17) is 11.5 Å². The molecule has 0 spiro atoms. The van der Waals surface area contributed by atoms with Gasteiger partial charge in [0.15, 0.2) is 0 Å². The molecular formula is C12H26N4. The van der Waals surface area contributed by atoms with Crippen LogP contribution in [0.3, 0.4) is 0 Å². The van der Waals surface area contributed by atoms with Gasteiger partial charge < -0.3 is 11.5 Å². The highest BCUT2D eigenvalue weighted by atomic mass is 15.3. The molecule has 4 N–H and O–H groups in total. The molecule has 0 bridgehead atoms. The second-order valence-corrected chi connectivity index (χ2v) is 4.09. The summed E-state index contributed by atoms with van der Waals surface area (Å²) in [4.78, 5) is 0. The first-order valence-electron chi connectivity index (χ1n) is 6.37. The first-order chi connectivity index (χ1) is 7.77. The second kappa shape index (κ2) is 12.0. The van der Waals surface area contributed by atoms with E-state index in [0.717, 1.165) is 6.42 Å². The number of nitrogens with two attached hydrogens (primary N) is 2. The van der Waals surface area contributed by atoms with Gasteiger partial charge in [-0.2, -0.15) is 5.10 Å². The lowest BCUT2D eigenvalue weighted by Crippen LogP contribution is -2.21. The summed E-state index contributed by atoms with van der Waals surface area (Å²) >= 11 is 0. The summed E-state index contributed by atoms with van der Waals surface area (Å²) in [6.45, 7) is 2.25. The van der Waals surface area contributed by atoms with E-state index in [1.165, 1.54) is 51.4 Å². The van der Waals surface area contributed by atoms with Gasteiger partial charge in [-0.1, -0.05) is 51.9 Å². The smallest absolute Gasteiger partial charge is 0.211 e. The van der Waals surface area contributed by atoms with Crippen LogP contribution in [0, 0.1) is 0 Å². The van der Waals surface area contributed by atoms with Crippen molar-refractivity contribution in [3.8, 4) is 0 Å². The molecule has 16 heavy (non-hydrogen) atoms. The number of nitrogens with zero attached hydrogens (tertiary/aromatic N) is 2. The predicted octanol–water partition coefficient (Wildman–Crippen LogP) is 2.78. The quantitative estimate of drug-likeness (QED) is 0.260. The number of rotatable bonds is 10. The Morgan fingerprint density at radius 1 is 0.938 bits per heavy atom. The third-order valence-electron chi connectivity index (χ3n) is 2.44. The Bertz CT molecular complexity index is 195. The van der Waals surface area contributed by atoms with Crippen LogP contribution in [0.1, 0.15) is 64.7 Å². The molecule has 0 aromatic rings. The zero-order chi connectivity index (χ0) is 12.1. The van der Waals surface area contributed by atoms with Crippen LogP contribution in [0.2, 0.25) is 0 Å². The van der Waals surface area contributed by atoms with Gasteiger partial charge in [-0.05, 0) is 12.8 Å². The highest BCUT2D eigenvalue weighted by Crippen LogP contribution is 2.08. The van der Waals surface area contributed by atoms with Gasteiger partial charge in [-0.3, -0.25) is 0 Å². The van der Waals surface area contributed by atoms with Gasteiger partial charge in [0, 0.05) is 6.21 Å². The van der Waals surface area contributed by atoms with Gasteiger partial charge in [-0.15, -0.1) is 5.10 Å². The minimum absolute atomic E-state index is 0.0205. The van der Waals surface area contributed by atoms with E-state index in [1.54, 1.807) is 6.21 Å². The van der Waals surface area contributed by atoms with Gasteiger partial charge in [-0.25, -0.2) is 0 Å². The summed E-state index contributed by atoms with van der Waals surface area (Å²) in [5, 5.41) is 7.28. The number of hydrogen-bond acceptors (Lipinski definition) is 2. The Hall–Kier alpha value is -1.06. The van der Waals surface area contributed by atoms with Crippen LogP contribution in [0.5, 0.6) is 0 Å². The molecule has 0 heterocycles. The monoisotopic (exact) mass is 226 g/mol. The molecule has 4 heteroatoms. The van der Waals surface area contributed by atoms with E-state index in [9.17, 15) is 0 Å². The van der Waals surface area contributed by atoms with Crippen molar-refractivity contribution >= 4 is 12.2 Å². The molecule has 0 atom stereocenters. The van der Waals surface area contributed by atoms with E-state index >= 15 is 0 Å². The molecule has 0 amide bonds. The summed E-state index contributed by atoms with van der Waals surface area (Å²) < 4.78 is 0. The zero-order valence-electron chi connectivity index (χ0n) is 10.5. The topological polar surface area (TPSA) is 76.8 Å². The molecule has 0 fully saturated rings. The Morgan fingerprint density at radius 2 is 1.50 bits per heavy atom. The van der Waals surface area contributed by atoms with Crippen molar-refractivity contribution in [3.05, 3.63) is 0 Å². The summed E-state index contributed by atoms with van der Waals surface area (Å²) in [5.74, 6) is 0.0205. The van der Waals surface area contributed by atoms with Crippen LogP contribution in [0.4, 0.5) is 0 Å². The fourth-order valence-electron chi connectivity index (χ4n) is 1.53. The molecule has 0 aliphatic heterocycles. The Labute approximate surface area is 99.2 Å². The van der Waals surface area contributed by atoms with Crippen LogP contribution in [-0.4, -0.2) is 12.2 Å². The molecule has 94 valence electrons. The summed E-state index contributed by atoms with van der Waals surface area (Å²) in [6.07, 6.45) is 13.4. The lowest BCUT2D eigenvalue weighted by Gasteiger charge is -1.99. The van der Waals surface area contributed by atoms with Gasteiger partial charge in [0.1, 0.15) is 0 Å². The largest absolute Gasteiger partial charge is 0.369 e. The minimum atomic E-state index is 0.0205. The van der Waals surface area contributed by atoms with E-state index in [1.807, 2.05) is 0 Å². The molecule has 0 saturated carbocycles. The van der Waals surface area contributed by atoms with Crippen molar-refractivity contribution < 1.29 is 0 Å². The highest BCUT2D eigenvalue weighted by Gasteiger charge is 1.90. The maximum absolute atomic E-state index is 5.13. The first-order valence-corrected chi connectivity index (χ1v) is 6.37. The molecule has 0 aromatic carbocycles. The fraction of sp³-hybridized carbons (Fsp3) is 0.833. The van der Waals surface area contributed by atoms with Crippen molar-refractivity contribution in [2.24, 2.45) is 21.7 Å². The van der Waals surface area contributed by atoms with Gasteiger partial charge in [0.25, 0.3) is 0 Å². The van der Waals surface area contributed by atoms with Crippen LogP contribution < -0.4 is 11.5 Å². The minimum Gasteiger partial charge on any atom is -0.369 e. The second-order valence-electron chi connectivity index (χ2n) is 4.09. The molecule has 0 aromatic heterocycles. The number of hydrogen-bond donors (Lipinski definition) is 2.